The molecule has 0 amide bonds. The molecule has 3 aliphatic rings. The fourth-order valence-electron chi connectivity index (χ4n) is 3.39. The Bertz CT molecular complexity index is 456. The Morgan fingerprint density at radius 1 is 1.20 bits per heavy atom. The summed E-state index contributed by atoms with van der Waals surface area (Å²) in [6, 6.07) is 2.25. The van der Waals surface area contributed by atoms with Gasteiger partial charge >= 0.3 is 0 Å². The van der Waals surface area contributed by atoms with Crippen LogP contribution in [0.4, 0.5) is 6.01 Å². The fourth-order valence-corrected chi connectivity index (χ4v) is 3.39. The van der Waals surface area contributed by atoms with Crippen molar-refractivity contribution in [1.82, 2.24) is 15.2 Å². The number of aromatic nitrogens is 1. The van der Waals surface area contributed by atoms with Crippen molar-refractivity contribution < 1.29 is 4.42 Å². The first-order valence-electron chi connectivity index (χ1n) is 8.05. The largest absolute Gasteiger partial charge is 0.432 e. The van der Waals surface area contributed by atoms with E-state index in [1.165, 1.54) is 38.6 Å². The van der Waals surface area contributed by atoms with Crippen molar-refractivity contribution in [3.05, 3.63) is 12.0 Å². The van der Waals surface area contributed by atoms with Crippen LogP contribution in [0.3, 0.4) is 0 Å². The molecule has 0 radical (unpaired) electrons. The molecule has 2 aliphatic heterocycles. The first-order valence-corrected chi connectivity index (χ1v) is 8.05. The van der Waals surface area contributed by atoms with Gasteiger partial charge in [-0.2, -0.15) is 4.98 Å². The maximum atomic E-state index is 5.69. The molecule has 0 spiro atoms. The molecule has 4 rings (SSSR count). The first-order chi connectivity index (χ1) is 9.88. The maximum Gasteiger partial charge on any atom is 0.297 e. The summed E-state index contributed by atoms with van der Waals surface area (Å²) in [7, 11) is 0. The van der Waals surface area contributed by atoms with E-state index in [4.69, 9.17) is 4.42 Å². The minimum absolute atomic E-state index is 0.706. The lowest BCUT2D eigenvalue weighted by atomic mass is 10.00. The molecule has 3 heterocycles. The van der Waals surface area contributed by atoms with Gasteiger partial charge in [0.05, 0.1) is 5.69 Å². The summed E-state index contributed by atoms with van der Waals surface area (Å²) in [6.07, 6.45) is 8.51. The number of nitrogens with zero attached hydrogens (tertiary/aromatic N) is 3. The van der Waals surface area contributed by atoms with E-state index in [9.17, 15) is 0 Å². The monoisotopic (exact) mass is 276 g/mol. The van der Waals surface area contributed by atoms with Crippen LogP contribution in [0.5, 0.6) is 0 Å². The molecule has 0 aromatic carbocycles. The molecule has 1 aromatic heterocycles. The molecule has 2 saturated heterocycles. The van der Waals surface area contributed by atoms with E-state index in [2.05, 4.69) is 20.1 Å². The van der Waals surface area contributed by atoms with Gasteiger partial charge in [0.1, 0.15) is 6.26 Å². The topological polar surface area (TPSA) is 44.5 Å². The van der Waals surface area contributed by atoms with E-state index < -0.39 is 0 Å². The number of piperidine rings is 1. The van der Waals surface area contributed by atoms with Crippen LogP contribution in [-0.4, -0.2) is 48.1 Å². The highest BCUT2D eigenvalue weighted by atomic mass is 16.4. The molecule has 1 N–H and O–H groups in total. The van der Waals surface area contributed by atoms with Crippen LogP contribution in [0, 0.1) is 0 Å². The molecule has 5 heteroatoms. The third kappa shape index (κ3) is 2.69. The van der Waals surface area contributed by atoms with E-state index in [1.807, 2.05) is 6.26 Å². The molecule has 5 nitrogen and oxygen atoms in total. The van der Waals surface area contributed by atoms with Gasteiger partial charge in [0.2, 0.25) is 0 Å². The normalized spacial score (nSPS) is 27.6. The SMILES string of the molecule is c1oc(N2CCN3CCCCC3C2)nc1CNC1CC1. The van der Waals surface area contributed by atoms with E-state index in [-0.39, 0.29) is 0 Å². The third-order valence-electron chi connectivity index (χ3n) is 4.80. The van der Waals surface area contributed by atoms with Crippen molar-refractivity contribution in [3.8, 4) is 0 Å². The molecule has 110 valence electrons. The van der Waals surface area contributed by atoms with Gasteiger partial charge in [0.15, 0.2) is 0 Å². The lowest BCUT2D eigenvalue weighted by molar-refractivity contribution is 0.131. The molecule has 20 heavy (non-hydrogen) atoms. The summed E-state index contributed by atoms with van der Waals surface area (Å²) in [4.78, 5) is 9.61. The molecular weight excluding hydrogens is 252 g/mol. The van der Waals surface area contributed by atoms with Gasteiger partial charge in [0, 0.05) is 38.3 Å². The van der Waals surface area contributed by atoms with Gasteiger partial charge in [-0.05, 0) is 32.2 Å². The van der Waals surface area contributed by atoms with Crippen LogP contribution in [0.2, 0.25) is 0 Å². The van der Waals surface area contributed by atoms with Crippen LogP contribution in [0.1, 0.15) is 37.8 Å². The highest BCUT2D eigenvalue weighted by molar-refractivity contribution is 5.29. The highest BCUT2D eigenvalue weighted by Gasteiger charge is 2.30. The Kier molecular flexibility index (Phi) is 3.40. The van der Waals surface area contributed by atoms with Crippen LogP contribution in [0.25, 0.3) is 0 Å². The number of oxazole rings is 1. The zero-order valence-corrected chi connectivity index (χ0v) is 12.1. The van der Waals surface area contributed by atoms with Crippen molar-refractivity contribution in [1.29, 1.82) is 0 Å². The van der Waals surface area contributed by atoms with E-state index in [1.54, 1.807) is 0 Å². The predicted molar refractivity (Wildman–Crippen MR) is 77.8 cm³/mol. The summed E-state index contributed by atoms with van der Waals surface area (Å²) in [5.74, 6) is 0. The quantitative estimate of drug-likeness (QED) is 0.905. The minimum Gasteiger partial charge on any atom is -0.432 e. The van der Waals surface area contributed by atoms with Gasteiger partial charge in [-0.1, -0.05) is 6.42 Å². The average Bonchev–Trinajstić information content (AvgIpc) is 3.21. The van der Waals surface area contributed by atoms with Crippen molar-refractivity contribution in [2.75, 3.05) is 31.1 Å². The second-order valence-electron chi connectivity index (χ2n) is 6.41. The number of fused-ring (bicyclic) bond motifs is 1. The summed E-state index contributed by atoms with van der Waals surface area (Å²) in [5, 5.41) is 3.49. The second-order valence-corrected chi connectivity index (χ2v) is 6.41. The fraction of sp³-hybridized carbons (Fsp3) is 0.800. The Morgan fingerprint density at radius 2 is 2.15 bits per heavy atom. The van der Waals surface area contributed by atoms with Crippen LogP contribution >= 0.6 is 0 Å². The van der Waals surface area contributed by atoms with Gasteiger partial charge in [-0.3, -0.25) is 4.90 Å². The second kappa shape index (κ2) is 5.37. The molecule has 1 aromatic rings. The number of anilines is 1. The zero-order chi connectivity index (χ0) is 13.4. The zero-order valence-electron chi connectivity index (χ0n) is 12.1. The molecule has 1 atom stereocenters. The van der Waals surface area contributed by atoms with Crippen molar-refractivity contribution in [2.24, 2.45) is 0 Å². The predicted octanol–water partition coefficient (Wildman–Crippen LogP) is 1.60. The van der Waals surface area contributed by atoms with Crippen LogP contribution in [0.15, 0.2) is 10.7 Å². The van der Waals surface area contributed by atoms with E-state index in [0.717, 1.165) is 43.9 Å². The number of nitrogens with one attached hydrogen (secondary N) is 1. The Hall–Kier alpha value is -1.07. The summed E-state index contributed by atoms with van der Waals surface area (Å²) >= 11 is 0. The summed E-state index contributed by atoms with van der Waals surface area (Å²) in [5.41, 5.74) is 1.04. The Balaban J connectivity index is 1.37. The van der Waals surface area contributed by atoms with Gasteiger partial charge in [0.25, 0.3) is 6.01 Å². The third-order valence-corrected chi connectivity index (χ3v) is 4.80. The first kappa shape index (κ1) is 12.7. The van der Waals surface area contributed by atoms with Gasteiger partial charge in [-0.15, -0.1) is 0 Å². The van der Waals surface area contributed by atoms with Gasteiger partial charge in [-0.25, -0.2) is 0 Å². The Labute approximate surface area is 120 Å². The van der Waals surface area contributed by atoms with Gasteiger partial charge < -0.3 is 14.6 Å². The highest BCUT2D eigenvalue weighted by Crippen LogP contribution is 2.25. The van der Waals surface area contributed by atoms with E-state index >= 15 is 0 Å². The average molecular weight is 276 g/mol. The molecule has 1 saturated carbocycles. The van der Waals surface area contributed by atoms with Crippen molar-refractivity contribution in [2.45, 2.75) is 50.7 Å². The molecule has 1 unspecified atom stereocenters. The lowest BCUT2D eigenvalue weighted by Gasteiger charge is -2.43. The lowest BCUT2D eigenvalue weighted by Crippen LogP contribution is -2.55. The minimum atomic E-state index is 0.706. The molecule has 1 aliphatic carbocycles. The molecular formula is C15H24N4O. The van der Waals surface area contributed by atoms with Crippen LogP contribution in [-0.2, 0) is 6.54 Å². The maximum absolute atomic E-state index is 5.69. The number of hydrogen-bond donors (Lipinski definition) is 1. The van der Waals surface area contributed by atoms with Crippen molar-refractivity contribution in [3.63, 3.8) is 0 Å². The number of piperazine rings is 1. The Morgan fingerprint density at radius 3 is 3.05 bits per heavy atom. The van der Waals surface area contributed by atoms with E-state index in [0.29, 0.717) is 6.04 Å². The molecule has 3 fully saturated rings. The van der Waals surface area contributed by atoms with Crippen molar-refractivity contribution >= 4 is 6.01 Å². The standard InChI is InChI=1S/C15H24N4O/c1-2-6-18-7-8-19(10-14(18)3-1)15-17-13(11-20-15)9-16-12-4-5-12/h11-12,14,16H,1-10H2. The molecule has 0 bridgehead atoms. The number of hydrogen-bond acceptors (Lipinski definition) is 5. The smallest absolute Gasteiger partial charge is 0.297 e. The number of rotatable bonds is 4. The summed E-state index contributed by atoms with van der Waals surface area (Å²) in [6.45, 7) is 5.41. The van der Waals surface area contributed by atoms with Crippen LogP contribution < -0.4 is 10.2 Å². The summed E-state index contributed by atoms with van der Waals surface area (Å²) < 4.78 is 5.69.